The van der Waals surface area contributed by atoms with Crippen molar-refractivity contribution < 1.29 is 4.79 Å². The third kappa shape index (κ3) is 2.10. The van der Waals surface area contributed by atoms with Crippen LogP contribution in [0.2, 0.25) is 0 Å². The molecule has 0 unspecified atom stereocenters. The van der Waals surface area contributed by atoms with Crippen molar-refractivity contribution >= 4 is 5.91 Å². The maximum Gasteiger partial charge on any atom is 0.253 e. The van der Waals surface area contributed by atoms with Crippen LogP contribution in [0.15, 0.2) is 6.07 Å². The van der Waals surface area contributed by atoms with Crippen molar-refractivity contribution in [1.82, 2.24) is 15.5 Å². The van der Waals surface area contributed by atoms with Crippen LogP contribution in [0.1, 0.15) is 49.4 Å². The minimum absolute atomic E-state index is 0.0466. The maximum atomic E-state index is 12.5. The molecule has 1 saturated carbocycles. The highest BCUT2D eigenvalue weighted by Gasteiger charge is 2.60. The van der Waals surface area contributed by atoms with Gasteiger partial charge in [-0.15, -0.1) is 0 Å². The molecule has 1 heterocycles. The first-order chi connectivity index (χ1) is 9.08. The average Bonchev–Trinajstić information content (AvgIpc) is 2.37. The maximum absolute atomic E-state index is 12.5. The zero-order chi connectivity index (χ0) is 15.3. The van der Waals surface area contributed by atoms with E-state index >= 15 is 0 Å². The summed E-state index contributed by atoms with van der Waals surface area (Å²) in [7, 11) is 0. The number of rotatable bonds is 2. The van der Waals surface area contributed by atoms with Crippen LogP contribution < -0.4 is 11.1 Å². The van der Waals surface area contributed by atoms with Crippen molar-refractivity contribution in [3.8, 4) is 0 Å². The molecule has 1 aliphatic carbocycles. The molecule has 0 saturated heterocycles. The minimum Gasteiger partial charge on any atom is -0.348 e. The number of carbonyl (C=O) groups excluding carboxylic acids is 1. The Morgan fingerprint density at radius 2 is 1.75 bits per heavy atom. The number of aromatic nitrogens is 2. The van der Waals surface area contributed by atoms with E-state index in [0.29, 0.717) is 11.3 Å². The first-order valence-corrected chi connectivity index (χ1v) is 6.96. The number of hydrogen-bond donors (Lipinski definition) is 2. The molecule has 1 aliphatic rings. The largest absolute Gasteiger partial charge is 0.348 e. The summed E-state index contributed by atoms with van der Waals surface area (Å²) in [6.07, 6.45) is 0. The fourth-order valence-corrected chi connectivity index (χ4v) is 3.54. The molecule has 1 amide bonds. The van der Waals surface area contributed by atoms with Crippen molar-refractivity contribution in [2.24, 2.45) is 16.6 Å². The highest BCUT2D eigenvalue weighted by molar-refractivity contribution is 5.95. The Morgan fingerprint density at radius 1 is 1.20 bits per heavy atom. The molecule has 0 aromatic carbocycles. The Labute approximate surface area is 120 Å². The summed E-state index contributed by atoms with van der Waals surface area (Å²) in [4.78, 5) is 12.5. The zero-order valence-electron chi connectivity index (χ0n) is 13.1. The molecule has 5 nitrogen and oxygen atoms in total. The van der Waals surface area contributed by atoms with E-state index in [4.69, 9.17) is 5.73 Å². The summed E-state index contributed by atoms with van der Waals surface area (Å²) < 4.78 is 0. The summed E-state index contributed by atoms with van der Waals surface area (Å²) in [6, 6.07) is 1.89. The van der Waals surface area contributed by atoms with Crippen LogP contribution in [0, 0.1) is 24.7 Å². The molecule has 1 aromatic rings. The Kier molecular flexibility index (Phi) is 3.37. The molecular weight excluding hydrogens is 252 g/mol. The van der Waals surface area contributed by atoms with E-state index in [1.54, 1.807) is 13.0 Å². The van der Waals surface area contributed by atoms with Crippen LogP contribution >= 0.6 is 0 Å². The van der Waals surface area contributed by atoms with Gasteiger partial charge in [0.05, 0.1) is 17.0 Å². The number of nitrogens with one attached hydrogen (secondary N) is 1. The molecule has 0 bridgehead atoms. The molecule has 0 atom stereocenters. The van der Waals surface area contributed by atoms with Crippen molar-refractivity contribution in [1.29, 1.82) is 0 Å². The lowest BCUT2D eigenvalue weighted by atomic mass is 9.48. The molecule has 110 valence electrons. The number of amides is 1. The number of nitrogens with two attached hydrogens (primary N) is 1. The summed E-state index contributed by atoms with van der Waals surface area (Å²) in [5.74, 6) is -0.0986. The van der Waals surface area contributed by atoms with Gasteiger partial charge < -0.3 is 11.1 Å². The lowest BCUT2D eigenvalue weighted by Crippen LogP contribution is -2.76. The average molecular weight is 276 g/mol. The first kappa shape index (κ1) is 14.9. The van der Waals surface area contributed by atoms with Crippen molar-refractivity contribution in [3.05, 3.63) is 23.0 Å². The third-order valence-corrected chi connectivity index (χ3v) is 4.71. The molecule has 1 fully saturated rings. The van der Waals surface area contributed by atoms with E-state index in [2.05, 4.69) is 43.2 Å². The molecule has 0 aliphatic heterocycles. The van der Waals surface area contributed by atoms with E-state index in [-0.39, 0.29) is 28.8 Å². The van der Waals surface area contributed by atoms with Crippen molar-refractivity contribution in [2.75, 3.05) is 0 Å². The number of hydrogen-bond acceptors (Lipinski definition) is 4. The van der Waals surface area contributed by atoms with E-state index in [1.165, 1.54) is 0 Å². The normalized spacial score (nSPS) is 26.8. The van der Waals surface area contributed by atoms with Crippen LogP contribution in [0.5, 0.6) is 0 Å². The quantitative estimate of drug-likeness (QED) is 0.859. The molecule has 5 heteroatoms. The van der Waals surface area contributed by atoms with E-state index < -0.39 is 0 Å². The summed E-state index contributed by atoms with van der Waals surface area (Å²) in [5.41, 5.74) is 7.98. The summed E-state index contributed by atoms with van der Waals surface area (Å²) in [6.45, 7) is 12.0. The van der Waals surface area contributed by atoms with Crippen LogP contribution in [0.25, 0.3) is 0 Å². The van der Waals surface area contributed by atoms with Gasteiger partial charge >= 0.3 is 0 Å². The van der Waals surface area contributed by atoms with Crippen LogP contribution in [0.3, 0.4) is 0 Å². The van der Waals surface area contributed by atoms with E-state index in [1.807, 2.05) is 6.92 Å². The van der Waals surface area contributed by atoms with Gasteiger partial charge in [0, 0.05) is 22.9 Å². The van der Waals surface area contributed by atoms with Gasteiger partial charge in [0.15, 0.2) is 0 Å². The van der Waals surface area contributed by atoms with Crippen LogP contribution in [0.4, 0.5) is 0 Å². The summed E-state index contributed by atoms with van der Waals surface area (Å²) in [5, 5.41) is 11.1. The van der Waals surface area contributed by atoms with Gasteiger partial charge in [0.1, 0.15) is 0 Å². The zero-order valence-corrected chi connectivity index (χ0v) is 13.1. The Hall–Kier alpha value is -1.49. The lowest BCUT2D eigenvalue weighted by Gasteiger charge is -2.62. The van der Waals surface area contributed by atoms with Crippen LogP contribution in [-0.2, 0) is 0 Å². The Balaban J connectivity index is 2.22. The van der Waals surface area contributed by atoms with Gasteiger partial charge in [0.25, 0.3) is 5.91 Å². The molecule has 20 heavy (non-hydrogen) atoms. The highest BCUT2D eigenvalue weighted by Crippen LogP contribution is 2.52. The molecule has 2 rings (SSSR count). The molecule has 0 spiro atoms. The number of aryl methyl sites for hydroxylation is 2. The minimum atomic E-state index is -0.109. The topological polar surface area (TPSA) is 80.9 Å². The Bertz CT molecular complexity index is 535. The predicted molar refractivity (Wildman–Crippen MR) is 78.3 cm³/mol. The van der Waals surface area contributed by atoms with E-state index in [9.17, 15) is 4.79 Å². The second kappa shape index (κ2) is 4.52. The van der Waals surface area contributed by atoms with Gasteiger partial charge in [-0.3, -0.25) is 4.79 Å². The monoisotopic (exact) mass is 276 g/mol. The standard InChI is InChI=1S/C15H24N4O/c1-8-7-10(9(2)19-18-8)11(20)17-13-14(3,4)12(16)15(13,5)6/h7,12-13H,16H2,1-6H3,(H,17,20). The second-order valence-corrected chi connectivity index (χ2v) is 7.01. The molecular formula is C15H24N4O. The van der Waals surface area contributed by atoms with Crippen molar-refractivity contribution in [3.63, 3.8) is 0 Å². The molecule has 1 aromatic heterocycles. The fourth-order valence-electron chi connectivity index (χ4n) is 3.54. The first-order valence-electron chi connectivity index (χ1n) is 6.96. The molecule has 0 radical (unpaired) electrons. The van der Waals surface area contributed by atoms with Gasteiger partial charge in [-0.05, 0) is 19.9 Å². The lowest BCUT2D eigenvalue weighted by molar-refractivity contribution is -0.0663. The second-order valence-electron chi connectivity index (χ2n) is 7.01. The summed E-state index contributed by atoms with van der Waals surface area (Å²) >= 11 is 0. The third-order valence-electron chi connectivity index (χ3n) is 4.71. The number of carbonyl (C=O) groups is 1. The molecule has 3 N–H and O–H groups in total. The number of nitrogens with zero attached hydrogens (tertiary/aromatic N) is 2. The van der Waals surface area contributed by atoms with Crippen molar-refractivity contribution in [2.45, 2.75) is 53.6 Å². The van der Waals surface area contributed by atoms with E-state index in [0.717, 1.165) is 5.69 Å². The van der Waals surface area contributed by atoms with Gasteiger partial charge in [-0.25, -0.2) is 0 Å². The van der Waals surface area contributed by atoms with Gasteiger partial charge in [0.2, 0.25) is 0 Å². The SMILES string of the molecule is Cc1cc(C(=O)NC2C(C)(C)C(N)C2(C)C)c(C)nn1. The van der Waals surface area contributed by atoms with Gasteiger partial charge in [-0.2, -0.15) is 10.2 Å². The smallest absolute Gasteiger partial charge is 0.253 e. The fraction of sp³-hybridized carbons (Fsp3) is 0.667. The highest BCUT2D eigenvalue weighted by atomic mass is 16.1. The predicted octanol–water partition coefficient (Wildman–Crippen LogP) is 1.59. The van der Waals surface area contributed by atoms with Gasteiger partial charge in [-0.1, -0.05) is 27.7 Å². The Morgan fingerprint density at radius 3 is 2.30 bits per heavy atom. The van der Waals surface area contributed by atoms with Crippen LogP contribution in [-0.4, -0.2) is 28.2 Å².